The van der Waals surface area contributed by atoms with Gasteiger partial charge in [0.2, 0.25) is 0 Å². The van der Waals surface area contributed by atoms with Crippen molar-refractivity contribution < 1.29 is 13.9 Å². The number of hydrogen-bond acceptors (Lipinski definition) is 3. The monoisotopic (exact) mass is 429 g/mol. The van der Waals surface area contributed by atoms with Crippen LogP contribution < -0.4 is 15.4 Å². The molecule has 8 heteroatoms. The molecule has 3 heterocycles. The number of aromatic amines is 1. The molecule has 0 saturated heterocycles. The molecule has 7 nitrogen and oxygen atoms in total. The lowest BCUT2D eigenvalue weighted by molar-refractivity contribution is 0.262. The molecular weight excluding hydrogens is 409 g/mol. The standard InChI is InChI=1S/C24H20FN5O2/c1-32-16-7-8-19(25)21(12-16)29-24(31)28-20-5-2-6-22-18(20)9-11-30(22)14-15-13-27-23-17(15)4-3-10-26-23/h2-13H,14H2,1H3,(H,26,27)(H2,28,29,31). The second kappa shape index (κ2) is 8.07. The first-order valence-corrected chi connectivity index (χ1v) is 10.0. The minimum atomic E-state index is -0.543. The van der Waals surface area contributed by atoms with Crippen LogP contribution in [-0.2, 0) is 6.54 Å². The van der Waals surface area contributed by atoms with Crippen LogP contribution in [0, 0.1) is 5.82 Å². The van der Waals surface area contributed by atoms with E-state index < -0.39 is 11.8 Å². The highest BCUT2D eigenvalue weighted by molar-refractivity contribution is 6.06. The van der Waals surface area contributed by atoms with Crippen molar-refractivity contribution in [2.45, 2.75) is 6.54 Å². The second-order valence-corrected chi connectivity index (χ2v) is 7.32. The van der Waals surface area contributed by atoms with Gasteiger partial charge in [-0.3, -0.25) is 0 Å². The highest BCUT2D eigenvalue weighted by Crippen LogP contribution is 2.27. The highest BCUT2D eigenvalue weighted by Gasteiger charge is 2.12. The molecule has 0 unspecified atom stereocenters. The minimum absolute atomic E-state index is 0.0412. The van der Waals surface area contributed by atoms with Gasteiger partial charge in [-0.15, -0.1) is 0 Å². The average Bonchev–Trinajstić information content (AvgIpc) is 3.41. The van der Waals surface area contributed by atoms with E-state index in [4.69, 9.17) is 4.74 Å². The van der Waals surface area contributed by atoms with Crippen LogP contribution in [0.15, 0.2) is 73.2 Å². The van der Waals surface area contributed by atoms with Crippen molar-refractivity contribution in [2.24, 2.45) is 0 Å². The predicted octanol–water partition coefficient (Wildman–Crippen LogP) is 5.36. The van der Waals surface area contributed by atoms with Crippen LogP contribution >= 0.6 is 0 Å². The number of anilines is 2. The quantitative estimate of drug-likeness (QED) is 0.352. The summed E-state index contributed by atoms with van der Waals surface area (Å²) in [4.78, 5) is 20.1. The van der Waals surface area contributed by atoms with Gasteiger partial charge in [0.15, 0.2) is 0 Å². The van der Waals surface area contributed by atoms with E-state index in [1.165, 1.54) is 25.3 Å². The zero-order valence-corrected chi connectivity index (χ0v) is 17.2. The fourth-order valence-electron chi connectivity index (χ4n) is 3.80. The van der Waals surface area contributed by atoms with Crippen molar-refractivity contribution in [1.29, 1.82) is 0 Å². The number of benzene rings is 2. The summed E-state index contributed by atoms with van der Waals surface area (Å²) < 4.78 is 21.2. The molecule has 0 fully saturated rings. The molecular formula is C24H20FN5O2. The Kier molecular flexibility index (Phi) is 4.95. The second-order valence-electron chi connectivity index (χ2n) is 7.32. The molecule has 0 aliphatic carbocycles. The molecule has 3 N–H and O–H groups in total. The summed E-state index contributed by atoms with van der Waals surface area (Å²) in [5, 5.41) is 7.31. The highest BCUT2D eigenvalue weighted by atomic mass is 19.1. The predicted molar refractivity (Wildman–Crippen MR) is 123 cm³/mol. The topological polar surface area (TPSA) is 84.0 Å². The first-order chi connectivity index (χ1) is 15.6. The Morgan fingerprint density at radius 3 is 2.84 bits per heavy atom. The number of rotatable bonds is 5. The maximum absolute atomic E-state index is 14.0. The van der Waals surface area contributed by atoms with Gasteiger partial charge in [-0.2, -0.15) is 0 Å². The molecule has 0 saturated carbocycles. The zero-order chi connectivity index (χ0) is 22.1. The lowest BCUT2D eigenvalue weighted by atomic mass is 10.2. The molecule has 2 amide bonds. The molecule has 0 spiro atoms. The van der Waals surface area contributed by atoms with Crippen molar-refractivity contribution in [3.63, 3.8) is 0 Å². The summed E-state index contributed by atoms with van der Waals surface area (Å²) in [6, 6.07) is 15.2. The van der Waals surface area contributed by atoms with E-state index in [1.807, 2.05) is 48.8 Å². The van der Waals surface area contributed by atoms with E-state index in [0.717, 1.165) is 27.5 Å². The lowest BCUT2D eigenvalue weighted by Gasteiger charge is -2.11. The van der Waals surface area contributed by atoms with E-state index in [2.05, 4.69) is 25.2 Å². The van der Waals surface area contributed by atoms with Crippen LogP contribution in [0.5, 0.6) is 5.75 Å². The van der Waals surface area contributed by atoms with Crippen LogP contribution in [0.3, 0.4) is 0 Å². The molecule has 5 rings (SSSR count). The van der Waals surface area contributed by atoms with E-state index in [-0.39, 0.29) is 5.69 Å². The number of ether oxygens (including phenoxy) is 1. The Morgan fingerprint density at radius 2 is 1.97 bits per heavy atom. The van der Waals surface area contributed by atoms with E-state index in [0.29, 0.717) is 18.0 Å². The Labute approximate surface area is 182 Å². The van der Waals surface area contributed by atoms with Gasteiger partial charge in [0, 0.05) is 42.0 Å². The summed E-state index contributed by atoms with van der Waals surface area (Å²) in [5.74, 6) is -0.0908. The smallest absolute Gasteiger partial charge is 0.323 e. The van der Waals surface area contributed by atoms with Crippen LogP contribution in [0.1, 0.15) is 5.56 Å². The van der Waals surface area contributed by atoms with Gasteiger partial charge >= 0.3 is 6.03 Å². The number of fused-ring (bicyclic) bond motifs is 2. The molecule has 0 aliphatic rings. The summed E-state index contributed by atoms with van der Waals surface area (Å²) >= 11 is 0. The Hall–Kier alpha value is -4.33. The average molecular weight is 429 g/mol. The van der Waals surface area contributed by atoms with Gasteiger partial charge in [-0.1, -0.05) is 6.07 Å². The number of carbonyl (C=O) groups excluding carboxylic acids is 1. The molecule has 0 aliphatic heterocycles. The van der Waals surface area contributed by atoms with Gasteiger partial charge in [-0.05, 0) is 48.0 Å². The Bertz CT molecular complexity index is 1440. The minimum Gasteiger partial charge on any atom is -0.497 e. The maximum Gasteiger partial charge on any atom is 0.323 e. The normalized spacial score (nSPS) is 11.1. The number of methoxy groups -OCH3 is 1. The number of hydrogen-bond donors (Lipinski definition) is 3. The number of pyridine rings is 1. The molecule has 3 aromatic heterocycles. The molecule has 0 atom stereocenters. The first kappa shape index (κ1) is 19.6. The van der Waals surface area contributed by atoms with E-state index >= 15 is 0 Å². The van der Waals surface area contributed by atoms with Crippen molar-refractivity contribution in [3.05, 3.63) is 84.6 Å². The molecule has 160 valence electrons. The molecule has 0 radical (unpaired) electrons. The number of amides is 2. The van der Waals surface area contributed by atoms with Crippen molar-refractivity contribution in [3.8, 4) is 5.75 Å². The Balaban J connectivity index is 1.39. The van der Waals surface area contributed by atoms with Gasteiger partial charge in [0.05, 0.1) is 24.0 Å². The van der Waals surface area contributed by atoms with Gasteiger partial charge in [-0.25, -0.2) is 14.2 Å². The number of nitrogens with one attached hydrogen (secondary N) is 3. The van der Waals surface area contributed by atoms with Crippen LogP contribution in [0.25, 0.3) is 21.9 Å². The lowest BCUT2D eigenvalue weighted by Crippen LogP contribution is -2.20. The Morgan fingerprint density at radius 1 is 1.09 bits per heavy atom. The summed E-state index contributed by atoms with van der Waals surface area (Å²) in [7, 11) is 1.48. The van der Waals surface area contributed by atoms with Gasteiger partial charge in [0.25, 0.3) is 0 Å². The van der Waals surface area contributed by atoms with Crippen LogP contribution in [0.4, 0.5) is 20.6 Å². The third-order valence-corrected chi connectivity index (χ3v) is 5.36. The maximum atomic E-state index is 14.0. The number of halogens is 1. The van der Waals surface area contributed by atoms with Crippen molar-refractivity contribution in [1.82, 2.24) is 14.5 Å². The van der Waals surface area contributed by atoms with E-state index in [1.54, 1.807) is 6.20 Å². The van der Waals surface area contributed by atoms with E-state index in [9.17, 15) is 9.18 Å². The molecule has 2 aromatic carbocycles. The molecule has 5 aromatic rings. The fourth-order valence-corrected chi connectivity index (χ4v) is 3.80. The van der Waals surface area contributed by atoms with Crippen LogP contribution in [0.2, 0.25) is 0 Å². The third kappa shape index (κ3) is 3.62. The van der Waals surface area contributed by atoms with Crippen LogP contribution in [-0.4, -0.2) is 27.7 Å². The number of H-pyrrole nitrogens is 1. The fraction of sp³-hybridized carbons (Fsp3) is 0.0833. The van der Waals surface area contributed by atoms with Crippen molar-refractivity contribution in [2.75, 3.05) is 17.7 Å². The molecule has 0 bridgehead atoms. The first-order valence-electron chi connectivity index (χ1n) is 10.0. The van der Waals surface area contributed by atoms with Gasteiger partial charge < -0.3 is 24.9 Å². The number of nitrogens with zero attached hydrogens (tertiary/aromatic N) is 2. The number of carbonyl (C=O) groups is 1. The third-order valence-electron chi connectivity index (χ3n) is 5.36. The summed E-state index contributed by atoms with van der Waals surface area (Å²) in [6.45, 7) is 0.653. The molecule has 32 heavy (non-hydrogen) atoms. The number of urea groups is 1. The van der Waals surface area contributed by atoms with Gasteiger partial charge in [0.1, 0.15) is 17.2 Å². The number of aromatic nitrogens is 3. The summed E-state index contributed by atoms with van der Waals surface area (Å²) in [5.41, 5.74) is 3.61. The largest absolute Gasteiger partial charge is 0.497 e. The SMILES string of the molecule is COc1ccc(F)c(NC(=O)Nc2cccc3c2ccn3Cc2c[nH]c3ncccc23)c1. The summed E-state index contributed by atoms with van der Waals surface area (Å²) in [6.07, 6.45) is 5.69. The van der Waals surface area contributed by atoms with Crippen molar-refractivity contribution >= 4 is 39.3 Å². The zero-order valence-electron chi connectivity index (χ0n) is 17.2.